The summed E-state index contributed by atoms with van der Waals surface area (Å²) in [5, 5.41) is 3.23. The number of esters is 1. The third kappa shape index (κ3) is 4.20. The van der Waals surface area contributed by atoms with Crippen molar-refractivity contribution in [2.24, 2.45) is 5.92 Å². The zero-order valence-corrected chi connectivity index (χ0v) is 19.3. The molecule has 2 fully saturated rings. The lowest BCUT2D eigenvalue weighted by Crippen LogP contribution is -2.55. The minimum Gasteiger partial charge on any atom is -0.427 e. The number of carbonyl (C=O) groups is 2. The van der Waals surface area contributed by atoms with Crippen LogP contribution in [-0.4, -0.2) is 61.1 Å². The van der Waals surface area contributed by atoms with Crippen molar-refractivity contribution < 1.29 is 28.7 Å². The minimum atomic E-state index is -0.890. The lowest BCUT2D eigenvalue weighted by atomic mass is 9.85. The molecule has 0 atom stereocenters. The first-order chi connectivity index (χ1) is 15.4. The molecule has 0 aromatic heterocycles. The molecule has 1 saturated heterocycles. The molecule has 0 bridgehead atoms. The molecule has 0 radical (unpaired) electrons. The summed E-state index contributed by atoms with van der Waals surface area (Å²) in [6, 6.07) is 5.96. The second-order valence-electron chi connectivity index (χ2n) is 8.70. The Balaban J connectivity index is 1.82. The van der Waals surface area contributed by atoms with E-state index in [0.717, 1.165) is 29.5 Å². The second-order valence-corrected chi connectivity index (χ2v) is 8.70. The molecule has 1 aromatic carbocycles. The van der Waals surface area contributed by atoms with E-state index in [2.05, 4.69) is 0 Å². The SMILES string of the molecule is CCOCON1C(=O)C(c2cc(C)ccc2C)=C(OC(=O)C2CC2)C12CCN(OC)CC2. The first-order valence-electron chi connectivity index (χ1n) is 11.3. The molecule has 0 unspecified atom stereocenters. The molecule has 4 rings (SSSR count). The molecular weight excluding hydrogens is 412 g/mol. The number of amides is 1. The highest BCUT2D eigenvalue weighted by molar-refractivity contribution is 6.23. The molecule has 1 saturated carbocycles. The van der Waals surface area contributed by atoms with E-state index in [1.807, 2.05) is 44.0 Å². The summed E-state index contributed by atoms with van der Waals surface area (Å²) in [7, 11) is 1.63. The molecule has 1 aromatic rings. The Kier molecular flexibility index (Phi) is 6.67. The van der Waals surface area contributed by atoms with Crippen LogP contribution in [0.2, 0.25) is 0 Å². The number of aryl methyl sites for hydroxylation is 2. The fourth-order valence-corrected chi connectivity index (χ4v) is 4.43. The van der Waals surface area contributed by atoms with Crippen molar-refractivity contribution in [3.63, 3.8) is 0 Å². The Hall–Kier alpha value is -2.26. The molecule has 2 aliphatic heterocycles. The van der Waals surface area contributed by atoms with Gasteiger partial charge in [-0.15, -0.1) is 0 Å². The quantitative estimate of drug-likeness (QED) is 0.346. The maximum atomic E-state index is 13.8. The predicted octanol–water partition coefficient (Wildman–Crippen LogP) is 3.13. The Labute approximate surface area is 188 Å². The molecule has 174 valence electrons. The average molecular weight is 445 g/mol. The van der Waals surface area contributed by atoms with Gasteiger partial charge in [0, 0.05) is 19.7 Å². The van der Waals surface area contributed by atoms with Crippen molar-refractivity contribution in [1.82, 2.24) is 10.1 Å². The Bertz CT molecular complexity index is 915. The average Bonchev–Trinajstić information content (AvgIpc) is 3.61. The standard InChI is InChI=1S/C24H32N2O6/c1-5-30-15-31-26-22(27)20(19-14-16(2)6-7-17(19)3)21(32-23(28)18-8-9-18)24(26)10-12-25(29-4)13-11-24/h6-7,14,18H,5,8-13,15H2,1-4H3. The van der Waals surface area contributed by atoms with Gasteiger partial charge in [-0.05, 0) is 57.6 Å². The Morgan fingerprint density at radius 1 is 1.19 bits per heavy atom. The van der Waals surface area contributed by atoms with E-state index in [0.29, 0.717) is 43.9 Å². The van der Waals surface area contributed by atoms with Gasteiger partial charge in [-0.3, -0.25) is 9.59 Å². The fourth-order valence-electron chi connectivity index (χ4n) is 4.43. The molecule has 8 heteroatoms. The summed E-state index contributed by atoms with van der Waals surface area (Å²) >= 11 is 0. The molecule has 1 amide bonds. The molecule has 1 spiro atoms. The number of hydrogen-bond donors (Lipinski definition) is 0. The van der Waals surface area contributed by atoms with Gasteiger partial charge in [-0.2, -0.15) is 5.06 Å². The van der Waals surface area contributed by atoms with Crippen LogP contribution in [0.3, 0.4) is 0 Å². The third-order valence-corrected chi connectivity index (χ3v) is 6.49. The summed E-state index contributed by atoms with van der Waals surface area (Å²) < 4.78 is 11.5. The van der Waals surface area contributed by atoms with Gasteiger partial charge in [-0.25, -0.2) is 9.90 Å². The van der Waals surface area contributed by atoms with Crippen LogP contribution in [-0.2, 0) is 28.7 Å². The number of benzene rings is 1. The van der Waals surface area contributed by atoms with E-state index in [1.54, 1.807) is 7.11 Å². The molecule has 3 aliphatic rings. The first-order valence-corrected chi connectivity index (χ1v) is 11.3. The van der Waals surface area contributed by atoms with Crippen molar-refractivity contribution in [3.05, 3.63) is 40.6 Å². The third-order valence-electron chi connectivity index (χ3n) is 6.49. The van der Waals surface area contributed by atoms with E-state index in [-0.39, 0.29) is 24.6 Å². The molecule has 0 N–H and O–H groups in total. The lowest BCUT2D eigenvalue weighted by Gasteiger charge is -2.43. The van der Waals surface area contributed by atoms with Crippen LogP contribution in [0.25, 0.3) is 5.57 Å². The Morgan fingerprint density at radius 3 is 2.53 bits per heavy atom. The largest absolute Gasteiger partial charge is 0.427 e. The maximum absolute atomic E-state index is 13.8. The summed E-state index contributed by atoms with van der Waals surface area (Å²) in [5.74, 6) is -0.258. The number of ether oxygens (including phenoxy) is 2. The van der Waals surface area contributed by atoms with Crippen LogP contribution in [0.4, 0.5) is 0 Å². The highest BCUT2D eigenvalue weighted by Crippen LogP contribution is 2.48. The van der Waals surface area contributed by atoms with Gasteiger partial charge in [-0.1, -0.05) is 23.8 Å². The number of hydrogen-bond acceptors (Lipinski definition) is 7. The monoisotopic (exact) mass is 444 g/mol. The smallest absolute Gasteiger partial charge is 0.314 e. The van der Waals surface area contributed by atoms with E-state index in [9.17, 15) is 9.59 Å². The fraction of sp³-hybridized carbons (Fsp3) is 0.583. The Morgan fingerprint density at radius 2 is 1.91 bits per heavy atom. The molecule has 8 nitrogen and oxygen atoms in total. The molecule has 32 heavy (non-hydrogen) atoms. The maximum Gasteiger partial charge on any atom is 0.314 e. The minimum absolute atomic E-state index is 0.0537. The van der Waals surface area contributed by atoms with Crippen LogP contribution < -0.4 is 0 Å². The summed E-state index contributed by atoms with van der Waals surface area (Å²) in [5.41, 5.74) is 2.25. The zero-order valence-electron chi connectivity index (χ0n) is 19.3. The zero-order chi connectivity index (χ0) is 22.9. The van der Waals surface area contributed by atoms with Crippen LogP contribution in [0.5, 0.6) is 0 Å². The number of hydroxylamine groups is 4. The molecule has 2 heterocycles. The van der Waals surface area contributed by atoms with Crippen LogP contribution in [0.1, 0.15) is 49.3 Å². The summed E-state index contributed by atoms with van der Waals surface area (Å²) in [6.45, 7) is 7.36. The highest BCUT2D eigenvalue weighted by Gasteiger charge is 2.57. The van der Waals surface area contributed by atoms with Gasteiger partial charge in [0.2, 0.25) is 0 Å². The number of rotatable bonds is 8. The van der Waals surface area contributed by atoms with Gasteiger partial charge >= 0.3 is 5.97 Å². The van der Waals surface area contributed by atoms with Crippen molar-refractivity contribution in [2.75, 3.05) is 33.6 Å². The summed E-state index contributed by atoms with van der Waals surface area (Å²) in [6.07, 6.45) is 2.68. The lowest BCUT2D eigenvalue weighted by molar-refractivity contribution is -0.263. The van der Waals surface area contributed by atoms with Crippen molar-refractivity contribution in [2.45, 2.75) is 52.0 Å². The van der Waals surface area contributed by atoms with Crippen molar-refractivity contribution in [1.29, 1.82) is 0 Å². The van der Waals surface area contributed by atoms with Crippen molar-refractivity contribution >= 4 is 17.4 Å². The van der Waals surface area contributed by atoms with Gasteiger partial charge < -0.3 is 14.3 Å². The molecule has 1 aliphatic carbocycles. The molecular formula is C24H32N2O6. The van der Waals surface area contributed by atoms with Crippen LogP contribution >= 0.6 is 0 Å². The number of carbonyl (C=O) groups excluding carboxylic acids is 2. The number of piperidine rings is 1. The first kappa shape index (κ1) is 22.9. The predicted molar refractivity (Wildman–Crippen MR) is 117 cm³/mol. The van der Waals surface area contributed by atoms with Crippen LogP contribution in [0.15, 0.2) is 24.0 Å². The van der Waals surface area contributed by atoms with Gasteiger partial charge in [0.25, 0.3) is 5.91 Å². The highest BCUT2D eigenvalue weighted by atomic mass is 16.8. The van der Waals surface area contributed by atoms with Crippen LogP contribution in [0, 0.1) is 19.8 Å². The van der Waals surface area contributed by atoms with E-state index in [1.165, 1.54) is 5.06 Å². The summed E-state index contributed by atoms with van der Waals surface area (Å²) in [4.78, 5) is 37.9. The second kappa shape index (κ2) is 9.31. The van der Waals surface area contributed by atoms with E-state index in [4.69, 9.17) is 19.1 Å². The van der Waals surface area contributed by atoms with Gasteiger partial charge in [0.1, 0.15) is 11.3 Å². The van der Waals surface area contributed by atoms with Gasteiger partial charge in [0.15, 0.2) is 6.79 Å². The van der Waals surface area contributed by atoms with Gasteiger partial charge in [0.05, 0.1) is 18.6 Å². The van der Waals surface area contributed by atoms with Crippen molar-refractivity contribution in [3.8, 4) is 0 Å². The van der Waals surface area contributed by atoms with E-state index >= 15 is 0 Å². The topological polar surface area (TPSA) is 77.5 Å². The normalized spacial score (nSPS) is 21.0. The van der Waals surface area contributed by atoms with E-state index < -0.39 is 5.54 Å². The number of nitrogens with zero attached hydrogens (tertiary/aromatic N) is 2.